The second-order valence-corrected chi connectivity index (χ2v) is 10.1. The normalized spacial score (nSPS) is 20.4. The monoisotopic (exact) mass is 524 g/mol. The predicted molar refractivity (Wildman–Crippen MR) is 145 cm³/mol. The quantitative estimate of drug-likeness (QED) is 0.391. The van der Waals surface area contributed by atoms with Gasteiger partial charge >= 0.3 is 5.97 Å². The average Bonchev–Trinajstić information content (AvgIpc) is 3.56. The van der Waals surface area contributed by atoms with Gasteiger partial charge in [-0.3, -0.25) is 14.5 Å². The Kier molecular flexibility index (Phi) is 9.50. The number of carboxylic acid groups (broad SMARTS) is 1. The lowest BCUT2D eigenvalue weighted by Gasteiger charge is -2.29. The number of fused-ring (bicyclic) bond motifs is 1. The Hall–Kier alpha value is -3.26. The molecule has 3 atom stereocenters. The molecule has 2 aromatic carbocycles. The molecule has 1 fully saturated rings. The number of carbonyl (C=O) groups excluding carboxylic acids is 1. The van der Waals surface area contributed by atoms with Crippen LogP contribution < -0.4 is 14.2 Å². The summed E-state index contributed by atoms with van der Waals surface area (Å²) < 4.78 is 16.4. The van der Waals surface area contributed by atoms with Crippen LogP contribution in [-0.4, -0.2) is 66.9 Å². The summed E-state index contributed by atoms with van der Waals surface area (Å²) in [6, 6.07) is 12.9. The number of methoxy groups -OCH3 is 1. The van der Waals surface area contributed by atoms with Crippen molar-refractivity contribution in [3.8, 4) is 17.2 Å². The van der Waals surface area contributed by atoms with Crippen LogP contribution in [-0.2, 0) is 9.59 Å². The summed E-state index contributed by atoms with van der Waals surface area (Å²) in [6.07, 6.45) is 4.42. The van der Waals surface area contributed by atoms with Crippen molar-refractivity contribution in [2.45, 2.75) is 57.9 Å². The number of rotatable bonds is 13. The third-order valence-electron chi connectivity index (χ3n) is 7.69. The van der Waals surface area contributed by atoms with Crippen LogP contribution in [0.1, 0.15) is 69.0 Å². The second-order valence-electron chi connectivity index (χ2n) is 10.1. The van der Waals surface area contributed by atoms with E-state index in [9.17, 15) is 14.7 Å². The Morgan fingerprint density at radius 1 is 1.00 bits per heavy atom. The first-order valence-corrected chi connectivity index (χ1v) is 13.7. The van der Waals surface area contributed by atoms with E-state index in [1.807, 2.05) is 47.4 Å². The Bertz CT molecular complexity index is 1080. The number of carbonyl (C=O) groups is 2. The van der Waals surface area contributed by atoms with E-state index in [2.05, 4.69) is 18.7 Å². The van der Waals surface area contributed by atoms with Gasteiger partial charge in [0.05, 0.1) is 13.0 Å². The number of hydrogen-bond acceptors (Lipinski definition) is 6. The minimum atomic E-state index is -0.852. The summed E-state index contributed by atoms with van der Waals surface area (Å²) in [6.45, 7) is 7.01. The molecule has 4 rings (SSSR count). The fraction of sp³-hybridized carbons (Fsp3) is 0.533. The third kappa shape index (κ3) is 6.23. The summed E-state index contributed by atoms with van der Waals surface area (Å²) in [7, 11) is 1.61. The zero-order valence-corrected chi connectivity index (χ0v) is 22.7. The smallest absolute Gasteiger partial charge is 0.309 e. The van der Waals surface area contributed by atoms with E-state index in [0.717, 1.165) is 55.6 Å². The Balaban J connectivity index is 1.60. The molecule has 1 unspecified atom stereocenters. The molecule has 206 valence electrons. The lowest BCUT2D eigenvalue weighted by atomic mass is 9.82. The van der Waals surface area contributed by atoms with Crippen LogP contribution in [0.25, 0.3) is 0 Å². The molecular formula is C30H40N2O6. The standard InChI is InChI=1S/C30H40N2O6/c1-4-6-15-31(16-7-5-2)27(33)14-17-32-19-24(22-10-13-25-26(18-22)38-20-37-25)28(30(34)35)29(32)21-8-11-23(36-3)12-9-21/h8-13,18,24,28-29H,4-7,14-17,19-20H2,1-3H3,(H,34,35)/t24?,28-,29+/m0/s1. The van der Waals surface area contributed by atoms with E-state index in [1.165, 1.54) is 0 Å². The summed E-state index contributed by atoms with van der Waals surface area (Å²) >= 11 is 0. The zero-order chi connectivity index (χ0) is 27.1. The predicted octanol–water partition coefficient (Wildman–Crippen LogP) is 5.08. The van der Waals surface area contributed by atoms with Crippen LogP contribution in [0.15, 0.2) is 42.5 Å². The maximum atomic E-state index is 13.3. The molecule has 0 spiro atoms. The molecule has 0 bridgehead atoms. The van der Waals surface area contributed by atoms with Crippen LogP contribution in [0.2, 0.25) is 0 Å². The number of aliphatic carboxylic acids is 1. The van der Waals surface area contributed by atoms with E-state index >= 15 is 0 Å². The van der Waals surface area contributed by atoms with Gasteiger partial charge in [-0.15, -0.1) is 0 Å². The first-order valence-electron chi connectivity index (χ1n) is 13.7. The van der Waals surface area contributed by atoms with E-state index in [0.29, 0.717) is 31.0 Å². The Morgan fingerprint density at radius 3 is 2.29 bits per heavy atom. The molecule has 2 heterocycles. The third-order valence-corrected chi connectivity index (χ3v) is 7.69. The fourth-order valence-corrected chi connectivity index (χ4v) is 5.60. The van der Waals surface area contributed by atoms with Crippen molar-refractivity contribution >= 4 is 11.9 Å². The number of amides is 1. The average molecular weight is 525 g/mol. The lowest BCUT2D eigenvalue weighted by molar-refractivity contribution is -0.143. The summed E-state index contributed by atoms with van der Waals surface area (Å²) in [4.78, 5) is 30.2. The van der Waals surface area contributed by atoms with Crippen molar-refractivity contribution < 1.29 is 28.9 Å². The van der Waals surface area contributed by atoms with Gasteiger partial charge in [-0.1, -0.05) is 44.9 Å². The number of carboxylic acids is 1. The van der Waals surface area contributed by atoms with Gasteiger partial charge in [-0.2, -0.15) is 0 Å². The van der Waals surface area contributed by atoms with Crippen molar-refractivity contribution in [1.29, 1.82) is 0 Å². The molecule has 1 N–H and O–H groups in total. The fourth-order valence-electron chi connectivity index (χ4n) is 5.60. The maximum Gasteiger partial charge on any atom is 0.309 e. The largest absolute Gasteiger partial charge is 0.497 e. The van der Waals surface area contributed by atoms with Gasteiger partial charge in [0.15, 0.2) is 11.5 Å². The SMILES string of the molecule is CCCCN(CCCC)C(=O)CCN1CC(c2ccc3c(c2)OCO3)[C@H](C(=O)O)[C@H]1c1ccc(OC)cc1. The number of hydrogen-bond donors (Lipinski definition) is 1. The minimum Gasteiger partial charge on any atom is -0.497 e. The van der Waals surface area contributed by atoms with Crippen LogP contribution in [0, 0.1) is 5.92 Å². The minimum absolute atomic E-state index is 0.138. The topological polar surface area (TPSA) is 88.5 Å². The van der Waals surface area contributed by atoms with Gasteiger partial charge in [0.1, 0.15) is 5.75 Å². The molecule has 38 heavy (non-hydrogen) atoms. The van der Waals surface area contributed by atoms with Gasteiger partial charge in [0.25, 0.3) is 0 Å². The van der Waals surface area contributed by atoms with Gasteiger partial charge < -0.3 is 24.2 Å². The molecule has 0 aliphatic carbocycles. The van der Waals surface area contributed by atoms with E-state index in [1.54, 1.807) is 7.11 Å². The molecule has 1 saturated heterocycles. The zero-order valence-electron chi connectivity index (χ0n) is 22.7. The van der Waals surface area contributed by atoms with Crippen molar-refractivity contribution in [2.75, 3.05) is 40.1 Å². The highest BCUT2D eigenvalue weighted by molar-refractivity contribution is 5.76. The Labute approximate surface area is 225 Å². The van der Waals surface area contributed by atoms with E-state index < -0.39 is 11.9 Å². The second kappa shape index (κ2) is 13.0. The van der Waals surface area contributed by atoms with E-state index in [-0.39, 0.29) is 24.7 Å². The molecular weight excluding hydrogens is 484 g/mol. The number of ether oxygens (including phenoxy) is 3. The summed E-state index contributed by atoms with van der Waals surface area (Å²) in [5.41, 5.74) is 1.81. The van der Waals surface area contributed by atoms with Gasteiger partial charge in [-0.25, -0.2) is 0 Å². The highest BCUT2D eigenvalue weighted by atomic mass is 16.7. The van der Waals surface area contributed by atoms with Gasteiger partial charge in [-0.05, 0) is 48.2 Å². The van der Waals surface area contributed by atoms with E-state index in [4.69, 9.17) is 14.2 Å². The molecule has 0 saturated carbocycles. The van der Waals surface area contributed by atoms with Crippen LogP contribution in [0.3, 0.4) is 0 Å². The van der Waals surface area contributed by atoms with Crippen LogP contribution in [0.5, 0.6) is 17.2 Å². The van der Waals surface area contributed by atoms with Crippen LogP contribution in [0.4, 0.5) is 0 Å². The molecule has 2 aromatic rings. The molecule has 2 aliphatic rings. The van der Waals surface area contributed by atoms with Crippen molar-refractivity contribution in [3.05, 3.63) is 53.6 Å². The van der Waals surface area contributed by atoms with Crippen molar-refractivity contribution in [3.63, 3.8) is 0 Å². The highest BCUT2D eigenvalue weighted by Crippen LogP contribution is 2.47. The number of benzene rings is 2. The number of nitrogens with zero attached hydrogens (tertiary/aromatic N) is 2. The van der Waals surface area contributed by atoms with Gasteiger partial charge in [0.2, 0.25) is 12.7 Å². The number of unbranched alkanes of at least 4 members (excludes halogenated alkanes) is 2. The molecule has 8 nitrogen and oxygen atoms in total. The van der Waals surface area contributed by atoms with Crippen molar-refractivity contribution in [2.24, 2.45) is 5.92 Å². The first kappa shape index (κ1) is 27.8. The van der Waals surface area contributed by atoms with Crippen molar-refractivity contribution in [1.82, 2.24) is 9.80 Å². The molecule has 0 radical (unpaired) electrons. The maximum absolute atomic E-state index is 13.3. The summed E-state index contributed by atoms with van der Waals surface area (Å²) in [5.74, 6) is 0.371. The van der Waals surface area contributed by atoms with Crippen LogP contribution >= 0.6 is 0 Å². The first-order chi connectivity index (χ1) is 18.5. The highest BCUT2D eigenvalue weighted by Gasteiger charge is 2.47. The molecule has 2 aliphatic heterocycles. The molecule has 1 amide bonds. The Morgan fingerprint density at radius 2 is 1.66 bits per heavy atom. The molecule has 8 heteroatoms. The number of likely N-dealkylation sites (tertiary alicyclic amines) is 1. The van der Waals surface area contributed by atoms with Gasteiger partial charge in [0, 0.05) is 44.6 Å². The molecule has 0 aromatic heterocycles. The lowest BCUT2D eigenvalue weighted by Crippen LogP contribution is -2.36. The summed E-state index contributed by atoms with van der Waals surface area (Å²) in [5, 5.41) is 10.5.